The van der Waals surface area contributed by atoms with Gasteiger partial charge in [0.25, 0.3) is 0 Å². The summed E-state index contributed by atoms with van der Waals surface area (Å²) in [6.45, 7) is 14.3. The lowest BCUT2D eigenvalue weighted by molar-refractivity contribution is 0.0261. The van der Waals surface area contributed by atoms with Crippen LogP contribution in [0.4, 0.5) is 0 Å². The van der Waals surface area contributed by atoms with Gasteiger partial charge >= 0.3 is 0 Å². The average Bonchev–Trinajstić information content (AvgIpc) is 2.13. The Hall–Kier alpha value is -0.0800. The fraction of sp³-hybridized carbons (Fsp3) is 1.00. The van der Waals surface area contributed by atoms with Gasteiger partial charge in [-0.1, -0.05) is 34.6 Å². The molecule has 1 atom stereocenters. The Morgan fingerprint density at radius 1 is 1.20 bits per heavy atom. The smallest absolute Gasteiger partial charge is 0.0533 e. The largest absolute Gasteiger partial charge is 0.384 e. The molecule has 0 aromatic carbocycles. The maximum absolute atomic E-state index is 5.43. The van der Waals surface area contributed by atoms with Gasteiger partial charge in [0.05, 0.1) is 6.61 Å². The molecule has 92 valence electrons. The summed E-state index contributed by atoms with van der Waals surface area (Å²) in [7, 11) is 1.81. The first-order chi connectivity index (χ1) is 6.98. The topological polar surface area (TPSA) is 21.3 Å². The van der Waals surface area contributed by atoms with Crippen molar-refractivity contribution in [2.24, 2.45) is 17.3 Å². The van der Waals surface area contributed by atoms with E-state index in [9.17, 15) is 0 Å². The van der Waals surface area contributed by atoms with Crippen molar-refractivity contribution in [1.82, 2.24) is 5.32 Å². The van der Waals surface area contributed by atoms with Gasteiger partial charge < -0.3 is 10.1 Å². The van der Waals surface area contributed by atoms with E-state index in [1.54, 1.807) is 0 Å². The second kappa shape index (κ2) is 7.24. The zero-order valence-electron chi connectivity index (χ0n) is 11.4. The first kappa shape index (κ1) is 14.9. The third-order valence-corrected chi connectivity index (χ3v) is 3.20. The van der Waals surface area contributed by atoms with Gasteiger partial charge in [-0.25, -0.2) is 0 Å². The van der Waals surface area contributed by atoms with Crippen LogP contribution in [0.15, 0.2) is 0 Å². The first-order valence-electron chi connectivity index (χ1n) is 6.18. The van der Waals surface area contributed by atoms with Crippen molar-refractivity contribution in [3.63, 3.8) is 0 Å². The van der Waals surface area contributed by atoms with Gasteiger partial charge in [0, 0.05) is 19.1 Å². The van der Waals surface area contributed by atoms with Crippen LogP contribution >= 0.6 is 0 Å². The molecular formula is C13H29NO. The van der Waals surface area contributed by atoms with Gasteiger partial charge in [0.15, 0.2) is 0 Å². The van der Waals surface area contributed by atoms with Crippen LogP contribution < -0.4 is 5.32 Å². The van der Waals surface area contributed by atoms with Crippen molar-refractivity contribution in [3.05, 3.63) is 0 Å². The van der Waals surface area contributed by atoms with Gasteiger partial charge in [0.1, 0.15) is 0 Å². The van der Waals surface area contributed by atoms with Crippen molar-refractivity contribution in [1.29, 1.82) is 0 Å². The van der Waals surface area contributed by atoms with Crippen LogP contribution in [0.1, 0.15) is 41.0 Å². The molecule has 0 fully saturated rings. The molecule has 15 heavy (non-hydrogen) atoms. The molecule has 0 saturated heterocycles. The van der Waals surface area contributed by atoms with Gasteiger partial charge in [-0.3, -0.25) is 0 Å². The second-order valence-electron chi connectivity index (χ2n) is 5.33. The molecule has 0 radical (unpaired) electrons. The lowest BCUT2D eigenvalue weighted by Crippen LogP contribution is -2.43. The van der Waals surface area contributed by atoms with Crippen LogP contribution in [-0.4, -0.2) is 26.8 Å². The Kier molecular flexibility index (Phi) is 7.20. The molecule has 2 heteroatoms. The van der Waals surface area contributed by atoms with E-state index < -0.39 is 0 Å². The maximum Gasteiger partial charge on any atom is 0.0533 e. The number of hydrogen-bond acceptors (Lipinski definition) is 2. The molecule has 0 bridgehead atoms. The lowest BCUT2D eigenvalue weighted by Gasteiger charge is -2.39. The number of rotatable bonds is 8. The first-order valence-corrected chi connectivity index (χ1v) is 6.18. The number of nitrogens with one attached hydrogen (secondary N) is 1. The van der Waals surface area contributed by atoms with Crippen molar-refractivity contribution >= 4 is 0 Å². The van der Waals surface area contributed by atoms with E-state index in [1.165, 1.54) is 6.42 Å². The minimum atomic E-state index is 0.291. The molecule has 0 aliphatic heterocycles. The van der Waals surface area contributed by atoms with E-state index in [-0.39, 0.29) is 0 Å². The Bertz CT molecular complexity index is 157. The van der Waals surface area contributed by atoms with Crippen LogP contribution in [0.25, 0.3) is 0 Å². The quantitative estimate of drug-likeness (QED) is 0.672. The van der Waals surface area contributed by atoms with Gasteiger partial charge in [0.2, 0.25) is 0 Å². The van der Waals surface area contributed by atoms with Crippen LogP contribution in [0.2, 0.25) is 0 Å². The number of methoxy groups -OCH3 is 1. The Balaban J connectivity index is 4.56. The van der Waals surface area contributed by atoms with Crippen molar-refractivity contribution in [3.8, 4) is 0 Å². The molecule has 0 aliphatic carbocycles. The normalized spacial score (nSPS) is 16.0. The van der Waals surface area contributed by atoms with Gasteiger partial charge in [-0.05, 0) is 24.8 Å². The molecule has 0 saturated carbocycles. The lowest BCUT2D eigenvalue weighted by atomic mass is 9.72. The highest BCUT2D eigenvalue weighted by molar-refractivity contribution is 4.85. The highest BCUT2D eigenvalue weighted by Gasteiger charge is 2.33. The van der Waals surface area contributed by atoms with Crippen molar-refractivity contribution in [2.45, 2.75) is 41.0 Å². The fourth-order valence-electron chi connectivity index (χ4n) is 2.26. The molecule has 1 unspecified atom stereocenters. The maximum atomic E-state index is 5.43. The molecule has 0 rings (SSSR count). The van der Waals surface area contributed by atoms with E-state index in [4.69, 9.17) is 4.74 Å². The third kappa shape index (κ3) is 4.98. The molecule has 0 aliphatic rings. The Labute approximate surface area is 95.8 Å². The zero-order valence-corrected chi connectivity index (χ0v) is 11.4. The van der Waals surface area contributed by atoms with E-state index >= 15 is 0 Å². The molecule has 0 aromatic rings. The summed E-state index contributed by atoms with van der Waals surface area (Å²) in [4.78, 5) is 0. The third-order valence-electron chi connectivity index (χ3n) is 3.20. The van der Waals surface area contributed by atoms with Crippen molar-refractivity contribution < 1.29 is 4.74 Å². The van der Waals surface area contributed by atoms with Crippen LogP contribution in [0.5, 0.6) is 0 Å². The molecule has 1 N–H and O–H groups in total. The minimum Gasteiger partial charge on any atom is -0.384 e. The monoisotopic (exact) mass is 215 g/mol. The Morgan fingerprint density at radius 3 is 2.13 bits per heavy atom. The molecule has 0 spiro atoms. The zero-order chi connectivity index (χ0) is 11.9. The second-order valence-corrected chi connectivity index (χ2v) is 5.33. The molecule has 2 nitrogen and oxygen atoms in total. The fourth-order valence-corrected chi connectivity index (χ4v) is 2.26. The summed E-state index contributed by atoms with van der Waals surface area (Å²) in [6.07, 6.45) is 1.23. The molecule has 0 amide bonds. The van der Waals surface area contributed by atoms with Gasteiger partial charge in [-0.2, -0.15) is 0 Å². The molecular weight excluding hydrogens is 186 g/mol. The van der Waals surface area contributed by atoms with E-state index in [1.807, 2.05) is 7.11 Å². The number of hydrogen-bond donors (Lipinski definition) is 1. The van der Waals surface area contributed by atoms with E-state index in [0.717, 1.165) is 25.6 Å². The minimum absolute atomic E-state index is 0.291. The predicted molar refractivity (Wildman–Crippen MR) is 67.1 cm³/mol. The van der Waals surface area contributed by atoms with Crippen LogP contribution in [-0.2, 0) is 4.74 Å². The number of ether oxygens (including phenoxy) is 1. The summed E-state index contributed by atoms with van der Waals surface area (Å²) in [6, 6.07) is 0. The summed E-state index contributed by atoms with van der Waals surface area (Å²) in [5, 5.41) is 3.48. The van der Waals surface area contributed by atoms with E-state index in [0.29, 0.717) is 11.3 Å². The summed E-state index contributed by atoms with van der Waals surface area (Å²) >= 11 is 0. The summed E-state index contributed by atoms with van der Waals surface area (Å²) < 4.78 is 5.43. The average molecular weight is 215 g/mol. The Morgan fingerprint density at radius 2 is 1.80 bits per heavy atom. The SMILES string of the molecule is CCNCC(COC)(CC(C)C)C(C)C. The van der Waals surface area contributed by atoms with Crippen LogP contribution in [0.3, 0.4) is 0 Å². The van der Waals surface area contributed by atoms with Gasteiger partial charge in [-0.15, -0.1) is 0 Å². The van der Waals surface area contributed by atoms with Crippen LogP contribution in [0, 0.1) is 17.3 Å². The van der Waals surface area contributed by atoms with Crippen molar-refractivity contribution in [2.75, 3.05) is 26.8 Å². The highest BCUT2D eigenvalue weighted by Crippen LogP contribution is 2.34. The summed E-state index contributed by atoms with van der Waals surface area (Å²) in [5.74, 6) is 1.38. The molecule has 0 aromatic heterocycles. The standard InChI is InChI=1S/C13H29NO/c1-7-14-9-13(10-15-6,12(4)5)8-11(2)3/h11-12,14H,7-10H2,1-6H3. The predicted octanol–water partition coefficient (Wildman–Crippen LogP) is 2.93. The van der Waals surface area contributed by atoms with E-state index in [2.05, 4.69) is 39.9 Å². The molecule has 0 heterocycles. The highest BCUT2D eigenvalue weighted by atomic mass is 16.5. The summed E-state index contributed by atoms with van der Waals surface area (Å²) in [5.41, 5.74) is 0.291.